The second-order valence-electron chi connectivity index (χ2n) is 4.86. The van der Waals surface area contributed by atoms with Crippen molar-refractivity contribution in [2.75, 3.05) is 5.32 Å². The van der Waals surface area contributed by atoms with Gasteiger partial charge in [0.2, 0.25) is 0 Å². The lowest BCUT2D eigenvalue weighted by Crippen LogP contribution is -2.27. The first-order valence-corrected chi connectivity index (χ1v) is 6.68. The third-order valence-corrected chi connectivity index (χ3v) is 2.68. The number of nitro groups is 1. The summed E-state index contributed by atoms with van der Waals surface area (Å²) < 4.78 is 5.12. The number of halogens is 1. The van der Waals surface area contributed by atoms with Gasteiger partial charge in [0.15, 0.2) is 0 Å². The SMILES string of the molecule is CC(C)(C)OC(=O)Nc1ccc([N+](=O)[O-])cc1CBr. The largest absolute Gasteiger partial charge is 0.444 e. The highest BCUT2D eigenvalue weighted by atomic mass is 79.9. The van der Waals surface area contributed by atoms with Crippen LogP contribution in [0.25, 0.3) is 0 Å². The molecule has 0 spiro atoms. The number of amides is 1. The molecule has 6 nitrogen and oxygen atoms in total. The summed E-state index contributed by atoms with van der Waals surface area (Å²) in [4.78, 5) is 21.8. The fraction of sp³-hybridized carbons (Fsp3) is 0.417. The van der Waals surface area contributed by atoms with E-state index in [1.165, 1.54) is 18.2 Å². The quantitative estimate of drug-likeness (QED) is 0.518. The Labute approximate surface area is 119 Å². The van der Waals surface area contributed by atoms with Crippen molar-refractivity contribution in [2.24, 2.45) is 0 Å². The van der Waals surface area contributed by atoms with Gasteiger partial charge >= 0.3 is 6.09 Å². The monoisotopic (exact) mass is 330 g/mol. The Kier molecular flexibility index (Phi) is 4.88. The van der Waals surface area contributed by atoms with Crippen LogP contribution in [0.3, 0.4) is 0 Å². The van der Waals surface area contributed by atoms with Gasteiger partial charge in [0, 0.05) is 23.2 Å². The summed E-state index contributed by atoms with van der Waals surface area (Å²) in [6, 6.07) is 4.22. The van der Waals surface area contributed by atoms with Gasteiger partial charge in [-0.15, -0.1) is 0 Å². The van der Waals surface area contributed by atoms with E-state index in [2.05, 4.69) is 21.2 Å². The summed E-state index contributed by atoms with van der Waals surface area (Å²) in [5.41, 5.74) is 0.473. The third kappa shape index (κ3) is 4.86. The van der Waals surface area contributed by atoms with Crippen LogP contribution in [0.2, 0.25) is 0 Å². The Morgan fingerprint density at radius 1 is 1.47 bits per heavy atom. The summed E-state index contributed by atoms with van der Waals surface area (Å²) in [6.45, 7) is 5.27. The molecule has 1 amide bonds. The van der Waals surface area contributed by atoms with Gasteiger partial charge in [-0.3, -0.25) is 15.4 Å². The van der Waals surface area contributed by atoms with E-state index >= 15 is 0 Å². The minimum atomic E-state index is -0.598. The van der Waals surface area contributed by atoms with Gasteiger partial charge in [0.1, 0.15) is 5.60 Å². The number of non-ortho nitro benzene ring substituents is 1. The molecular weight excluding hydrogens is 316 g/mol. The molecule has 0 aliphatic rings. The summed E-state index contributed by atoms with van der Waals surface area (Å²) in [5.74, 6) is 0. The number of carbonyl (C=O) groups is 1. The number of benzene rings is 1. The standard InChI is InChI=1S/C12H15BrN2O4/c1-12(2,3)19-11(16)14-10-5-4-9(15(17)18)6-8(10)7-13/h4-6H,7H2,1-3H3,(H,14,16). The zero-order valence-electron chi connectivity index (χ0n) is 10.9. The number of nitro benzene ring substituents is 1. The van der Waals surface area contributed by atoms with E-state index in [9.17, 15) is 14.9 Å². The fourth-order valence-electron chi connectivity index (χ4n) is 1.34. The summed E-state index contributed by atoms with van der Waals surface area (Å²) in [7, 11) is 0. The van der Waals surface area contributed by atoms with Crippen LogP contribution in [0, 0.1) is 10.1 Å². The van der Waals surface area contributed by atoms with Crippen molar-refractivity contribution in [1.82, 2.24) is 0 Å². The first kappa shape index (κ1) is 15.4. The Morgan fingerprint density at radius 3 is 2.58 bits per heavy atom. The van der Waals surface area contributed by atoms with Crippen molar-refractivity contribution < 1.29 is 14.5 Å². The first-order valence-electron chi connectivity index (χ1n) is 5.56. The van der Waals surface area contributed by atoms with Crippen LogP contribution in [0.15, 0.2) is 18.2 Å². The number of nitrogens with one attached hydrogen (secondary N) is 1. The molecule has 0 fully saturated rings. The second kappa shape index (κ2) is 6.01. The summed E-state index contributed by atoms with van der Waals surface area (Å²) >= 11 is 3.23. The van der Waals surface area contributed by atoms with Crippen LogP contribution in [0.5, 0.6) is 0 Å². The molecule has 1 N–H and O–H groups in total. The average Bonchev–Trinajstić information content (AvgIpc) is 2.26. The highest BCUT2D eigenvalue weighted by molar-refractivity contribution is 9.08. The van der Waals surface area contributed by atoms with E-state index in [-0.39, 0.29) is 5.69 Å². The van der Waals surface area contributed by atoms with E-state index in [0.29, 0.717) is 16.6 Å². The Hall–Kier alpha value is -1.63. The summed E-state index contributed by atoms with van der Waals surface area (Å²) in [5, 5.41) is 13.6. The van der Waals surface area contributed by atoms with E-state index in [4.69, 9.17) is 4.74 Å². The molecule has 0 bridgehead atoms. The maximum atomic E-state index is 11.6. The van der Waals surface area contributed by atoms with Gasteiger partial charge in [0.25, 0.3) is 5.69 Å². The van der Waals surface area contributed by atoms with Crippen molar-refractivity contribution in [1.29, 1.82) is 0 Å². The molecule has 0 atom stereocenters. The molecule has 104 valence electrons. The van der Waals surface area contributed by atoms with Gasteiger partial charge in [-0.05, 0) is 32.4 Å². The number of ether oxygens (including phenoxy) is 1. The molecule has 1 aromatic rings. The van der Waals surface area contributed by atoms with Gasteiger partial charge < -0.3 is 4.74 Å². The molecule has 19 heavy (non-hydrogen) atoms. The normalized spacial score (nSPS) is 10.9. The zero-order valence-corrected chi connectivity index (χ0v) is 12.5. The van der Waals surface area contributed by atoms with Crippen molar-refractivity contribution in [3.63, 3.8) is 0 Å². The topological polar surface area (TPSA) is 81.5 Å². The molecular formula is C12H15BrN2O4. The van der Waals surface area contributed by atoms with Gasteiger partial charge in [-0.25, -0.2) is 4.79 Å². The average molecular weight is 331 g/mol. The molecule has 0 heterocycles. The maximum Gasteiger partial charge on any atom is 0.412 e. The minimum absolute atomic E-state index is 0.0239. The first-order chi connectivity index (χ1) is 8.73. The predicted octanol–water partition coefficient (Wildman–Crippen LogP) is 3.84. The highest BCUT2D eigenvalue weighted by Gasteiger charge is 2.18. The number of carbonyl (C=O) groups excluding carboxylic acids is 1. The van der Waals surface area contributed by atoms with Crippen molar-refractivity contribution in [3.05, 3.63) is 33.9 Å². The number of alkyl halides is 1. The Morgan fingerprint density at radius 2 is 2.11 bits per heavy atom. The molecule has 0 unspecified atom stereocenters. The van der Waals surface area contributed by atoms with Crippen LogP contribution in [-0.4, -0.2) is 16.6 Å². The van der Waals surface area contributed by atoms with Gasteiger partial charge in [0.05, 0.1) is 4.92 Å². The van der Waals surface area contributed by atoms with E-state index in [0.717, 1.165) is 0 Å². The van der Waals surface area contributed by atoms with Crippen LogP contribution in [0.1, 0.15) is 26.3 Å². The van der Waals surface area contributed by atoms with Crippen LogP contribution in [-0.2, 0) is 10.1 Å². The molecule has 7 heteroatoms. The Balaban J connectivity index is 2.89. The van der Waals surface area contributed by atoms with Crippen LogP contribution in [0.4, 0.5) is 16.2 Å². The number of anilines is 1. The molecule has 0 radical (unpaired) electrons. The molecule has 0 saturated heterocycles. The van der Waals surface area contributed by atoms with E-state index in [1.54, 1.807) is 20.8 Å². The Bertz CT molecular complexity index is 497. The number of nitrogens with zero attached hydrogens (tertiary/aromatic N) is 1. The molecule has 0 aliphatic heterocycles. The second-order valence-corrected chi connectivity index (χ2v) is 5.42. The van der Waals surface area contributed by atoms with Crippen molar-refractivity contribution >= 4 is 33.4 Å². The summed E-state index contributed by atoms with van der Waals surface area (Å²) in [6.07, 6.45) is -0.594. The minimum Gasteiger partial charge on any atom is -0.444 e. The molecule has 0 aromatic heterocycles. The smallest absolute Gasteiger partial charge is 0.412 e. The lowest BCUT2D eigenvalue weighted by molar-refractivity contribution is -0.384. The lowest BCUT2D eigenvalue weighted by Gasteiger charge is -2.20. The van der Waals surface area contributed by atoms with Gasteiger partial charge in [-0.2, -0.15) is 0 Å². The van der Waals surface area contributed by atoms with E-state index in [1.807, 2.05) is 0 Å². The molecule has 1 aromatic carbocycles. The number of hydrogen-bond donors (Lipinski definition) is 1. The van der Waals surface area contributed by atoms with Gasteiger partial charge in [-0.1, -0.05) is 15.9 Å². The van der Waals surface area contributed by atoms with E-state index < -0.39 is 16.6 Å². The lowest BCUT2D eigenvalue weighted by atomic mass is 10.2. The van der Waals surface area contributed by atoms with Crippen molar-refractivity contribution in [3.8, 4) is 0 Å². The zero-order chi connectivity index (χ0) is 14.6. The fourth-order valence-corrected chi connectivity index (χ4v) is 1.80. The maximum absolute atomic E-state index is 11.6. The predicted molar refractivity (Wildman–Crippen MR) is 75.6 cm³/mol. The van der Waals surface area contributed by atoms with Crippen LogP contribution >= 0.6 is 15.9 Å². The molecule has 0 aliphatic carbocycles. The van der Waals surface area contributed by atoms with Crippen molar-refractivity contribution in [2.45, 2.75) is 31.7 Å². The third-order valence-electron chi connectivity index (χ3n) is 2.08. The van der Waals surface area contributed by atoms with Crippen LogP contribution < -0.4 is 5.32 Å². The number of rotatable bonds is 3. The molecule has 1 rings (SSSR count). The molecule has 0 saturated carbocycles. The number of hydrogen-bond acceptors (Lipinski definition) is 4. The highest BCUT2D eigenvalue weighted by Crippen LogP contribution is 2.24.